The van der Waals surface area contributed by atoms with E-state index in [1.54, 1.807) is 7.11 Å². The highest BCUT2D eigenvalue weighted by Crippen LogP contribution is 2.30. The number of hydrogen-bond acceptors (Lipinski definition) is 5. The van der Waals surface area contributed by atoms with Gasteiger partial charge in [-0.2, -0.15) is 0 Å². The largest absolute Gasteiger partial charge is 0.385 e. The van der Waals surface area contributed by atoms with Gasteiger partial charge in [-0.05, 0) is 55.9 Å². The molecule has 0 radical (unpaired) electrons. The molecule has 2 atom stereocenters. The van der Waals surface area contributed by atoms with E-state index in [4.69, 9.17) is 15.5 Å². The second-order valence-corrected chi connectivity index (χ2v) is 10.8. The number of benzene rings is 2. The summed E-state index contributed by atoms with van der Waals surface area (Å²) < 4.78 is 9.71. The number of aromatic nitrogens is 4. The van der Waals surface area contributed by atoms with Gasteiger partial charge in [0, 0.05) is 58.8 Å². The Hall–Kier alpha value is -3.49. The highest BCUT2D eigenvalue weighted by atomic mass is 16.5. The molecule has 1 aliphatic heterocycles. The predicted molar refractivity (Wildman–Crippen MR) is 154 cm³/mol. The first-order valence-electron chi connectivity index (χ1n) is 14.0. The summed E-state index contributed by atoms with van der Waals surface area (Å²) in [6, 6.07) is 16.5. The molecule has 206 valence electrons. The van der Waals surface area contributed by atoms with Crippen LogP contribution in [0.1, 0.15) is 48.8 Å². The van der Waals surface area contributed by atoms with Crippen LogP contribution in [0.4, 0.5) is 0 Å². The molecule has 1 aliphatic rings. The summed E-state index contributed by atoms with van der Waals surface area (Å²) in [6.07, 6.45) is 5.85. The summed E-state index contributed by atoms with van der Waals surface area (Å²) in [4.78, 5) is 24.7. The Labute approximate surface area is 230 Å². The first-order chi connectivity index (χ1) is 18.9. The molecule has 2 N–H and O–H groups in total. The van der Waals surface area contributed by atoms with Crippen molar-refractivity contribution in [3.05, 3.63) is 71.9 Å². The molecular formula is C31H40N6O2. The standard InChI is InChI=1S/C31H40N6O2/c1-22-33-20-29(35(22)2)24-13-11-23(12-14-24)18-26(32)19-30(38)36-15-6-8-25(21-36)31-34-27-9-4-5-10-28(27)37(31)16-7-17-39-3/h4-5,9-14,20,25-26H,6-8,15-19,21,32H2,1-3H3/t25-,26-/m1/s1. The number of imidazole rings is 2. The highest BCUT2D eigenvalue weighted by Gasteiger charge is 2.29. The van der Waals surface area contributed by atoms with Crippen molar-refractivity contribution >= 4 is 16.9 Å². The first-order valence-corrected chi connectivity index (χ1v) is 14.0. The van der Waals surface area contributed by atoms with Gasteiger partial charge in [0.1, 0.15) is 11.6 Å². The van der Waals surface area contributed by atoms with Crippen molar-refractivity contribution in [2.45, 2.75) is 57.5 Å². The zero-order valence-corrected chi connectivity index (χ0v) is 23.3. The highest BCUT2D eigenvalue weighted by molar-refractivity contribution is 5.78. The molecule has 1 fully saturated rings. The molecule has 0 spiro atoms. The number of aryl methyl sites for hydroxylation is 2. The van der Waals surface area contributed by atoms with Crippen LogP contribution in [0.3, 0.4) is 0 Å². The molecule has 0 saturated carbocycles. The maximum Gasteiger partial charge on any atom is 0.224 e. The van der Waals surface area contributed by atoms with Gasteiger partial charge in [0.25, 0.3) is 0 Å². The number of hydrogen-bond donors (Lipinski definition) is 1. The number of methoxy groups -OCH3 is 1. The topological polar surface area (TPSA) is 91.2 Å². The maximum atomic E-state index is 13.3. The second-order valence-electron chi connectivity index (χ2n) is 10.8. The van der Waals surface area contributed by atoms with Crippen LogP contribution in [0, 0.1) is 6.92 Å². The van der Waals surface area contributed by atoms with Crippen LogP contribution < -0.4 is 5.73 Å². The normalized spacial score (nSPS) is 16.6. The third-order valence-corrected chi connectivity index (χ3v) is 7.96. The minimum Gasteiger partial charge on any atom is -0.385 e. The van der Waals surface area contributed by atoms with Gasteiger partial charge in [-0.1, -0.05) is 36.4 Å². The van der Waals surface area contributed by atoms with Crippen LogP contribution in [0.2, 0.25) is 0 Å². The molecule has 4 aromatic rings. The van der Waals surface area contributed by atoms with E-state index in [1.807, 2.05) is 31.1 Å². The van der Waals surface area contributed by atoms with Gasteiger partial charge in [0.05, 0.1) is 22.9 Å². The predicted octanol–water partition coefficient (Wildman–Crippen LogP) is 4.45. The van der Waals surface area contributed by atoms with E-state index in [0.717, 1.165) is 71.9 Å². The summed E-state index contributed by atoms with van der Waals surface area (Å²) in [6.45, 7) is 5.04. The van der Waals surface area contributed by atoms with E-state index in [1.165, 1.54) is 0 Å². The summed E-state index contributed by atoms with van der Waals surface area (Å²) in [5, 5.41) is 0. The Morgan fingerprint density at radius 3 is 2.72 bits per heavy atom. The molecule has 0 aliphatic carbocycles. The monoisotopic (exact) mass is 528 g/mol. The third-order valence-electron chi connectivity index (χ3n) is 7.96. The lowest BCUT2D eigenvalue weighted by molar-refractivity contribution is -0.132. The molecule has 2 aromatic carbocycles. The number of piperidine rings is 1. The Kier molecular flexibility index (Phi) is 8.43. The fraction of sp³-hybridized carbons (Fsp3) is 0.452. The number of para-hydroxylation sites is 2. The van der Waals surface area contributed by atoms with Gasteiger partial charge in [-0.3, -0.25) is 4.79 Å². The first kappa shape index (κ1) is 27.1. The van der Waals surface area contributed by atoms with Gasteiger partial charge < -0.3 is 24.5 Å². The molecule has 2 aromatic heterocycles. The summed E-state index contributed by atoms with van der Waals surface area (Å²) >= 11 is 0. The molecule has 39 heavy (non-hydrogen) atoms. The van der Waals surface area contributed by atoms with Gasteiger partial charge in [-0.15, -0.1) is 0 Å². The van der Waals surface area contributed by atoms with Gasteiger partial charge >= 0.3 is 0 Å². The average molecular weight is 529 g/mol. The van der Waals surface area contributed by atoms with Gasteiger partial charge in [-0.25, -0.2) is 9.97 Å². The molecule has 0 bridgehead atoms. The van der Waals surface area contributed by atoms with Crippen LogP contribution in [-0.4, -0.2) is 62.8 Å². The number of rotatable bonds is 10. The van der Waals surface area contributed by atoms with E-state index in [-0.39, 0.29) is 17.9 Å². The van der Waals surface area contributed by atoms with E-state index < -0.39 is 0 Å². The van der Waals surface area contributed by atoms with Gasteiger partial charge in [0.2, 0.25) is 5.91 Å². The van der Waals surface area contributed by atoms with E-state index in [9.17, 15) is 4.79 Å². The molecule has 5 rings (SSSR count). The lowest BCUT2D eigenvalue weighted by Gasteiger charge is -2.33. The smallest absolute Gasteiger partial charge is 0.224 e. The summed E-state index contributed by atoms with van der Waals surface area (Å²) in [7, 11) is 3.76. The van der Waals surface area contributed by atoms with Crippen molar-refractivity contribution in [1.82, 2.24) is 24.0 Å². The zero-order valence-electron chi connectivity index (χ0n) is 23.3. The van der Waals surface area contributed by atoms with Crippen LogP contribution in [-0.2, 0) is 29.5 Å². The summed E-state index contributed by atoms with van der Waals surface area (Å²) in [5.41, 5.74) is 12.0. The lowest BCUT2D eigenvalue weighted by atomic mass is 9.95. The number of fused-ring (bicyclic) bond motifs is 1. The van der Waals surface area contributed by atoms with E-state index in [2.05, 4.69) is 56.6 Å². The maximum absolute atomic E-state index is 13.3. The Bertz CT molecular complexity index is 1410. The van der Waals surface area contributed by atoms with Crippen molar-refractivity contribution in [1.29, 1.82) is 0 Å². The number of likely N-dealkylation sites (tertiary alicyclic amines) is 1. The van der Waals surface area contributed by atoms with Gasteiger partial charge in [0.15, 0.2) is 0 Å². The van der Waals surface area contributed by atoms with Crippen LogP contribution >= 0.6 is 0 Å². The second kappa shape index (κ2) is 12.1. The number of ether oxygens (including phenoxy) is 1. The minimum absolute atomic E-state index is 0.135. The fourth-order valence-electron chi connectivity index (χ4n) is 5.73. The molecule has 1 amide bonds. The van der Waals surface area contributed by atoms with Crippen LogP contribution in [0.5, 0.6) is 0 Å². The van der Waals surface area contributed by atoms with Crippen molar-refractivity contribution in [3.8, 4) is 11.3 Å². The number of carbonyl (C=O) groups is 1. The Morgan fingerprint density at radius 1 is 1.18 bits per heavy atom. The number of nitrogens with two attached hydrogens (primary N) is 1. The lowest BCUT2D eigenvalue weighted by Crippen LogP contribution is -2.42. The number of nitrogens with zero attached hydrogens (tertiary/aromatic N) is 5. The van der Waals surface area contributed by atoms with E-state index >= 15 is 0 Å². The molecule has 8 nitrogen and oxygen atoms in total. The number of carbonyl (C=O) groups excluding carboxylic acids is 1. The Balaban J connectivity index is 1.21. The van der Waals surface area contributed by atoms with Crippen molar-refractivity contribution in [2.24, 2.45) is 12.8 Å². The zero-order chi connectivity index (χ0) is 27.4. The number of amides is 1. The molecule has 3 heterocycles. The molecule has 1 saturated heterocycles. The van der Waals surface area contributed by atoms with Crippen molar-refractivity contribution in [2.75, 3.05) is 26.8 Å². The minimum atomic E-state index is -0.221. The quantitative estimate of drug-likeness (QED) is 0.307. The molecular weight excluding hydrogens is 488 g/mol. The average Bonchev–Trinajstić information content (AvgIpc) is 3.49. The van der Waals surface area contributed by atoms with Crippen molar-refractivity contribution in [3.63, 3.8) is 0 Å². The van der Waals surface area contributed by atoms with Crippen LogP contribution in [0.25, 0.3) is 22.3 Å². The molecule has 8 heteroatoms. The molecule has 0 unspecified atom stereocenters. The third kappa shape index (κ3) is 6.07. The van der Waals surface area contributed by atoms with E-state index in [0.29, 0.717) is 26.0 Å². The Morgan fingerprint density at radius 2 is 1.97 bits per heavy atom. The SMILES string of the molecule is COCCCn1c([C@@H]2CCCN(C(=O)C[C@H](N)Cc3ccc(-c4cnc(C)n4C)cc3)C2)nc2ccccc21. The van der Waals surface area contributed by atoms with Crippen LogP contribution in [0.15, 0.2) is 54.7 Å². The summed E-state index contributed by atoms with van der Waals surface area (Å²) in [5.74, 6) is 2.42. The fourth-order valence-corrected chi connectivity index (χ4v) is 5.73. The van der Waals surface area contributed by atoms with Crippen molar-refractivity contribution < 1.29 is 9.53 Å².